The largest absolute Gasteiger partial charge is 0.396 e. The van der Waals surface area contributed by atoms with Crippen molar-refractivity contribution in [2.75, 3.05) is 19.8 Å². The Balaban J connectivity index is 0. The lowest BCUT2D eigenvalue weighted by Gasteiger charge is -2.24. The third kappa shape index (κ3) is 15.8. The molecule has 4 N–H and O–H groups in total. The molecule has 0 aromatic rings. The maximum absolute atomic E-state index is 9.77. The summed E-state index contributed by atoms with van der Waals surface area (Å²) in [6.45, 7) is 4.81. The lowest BCUT2D eigenvalue weighted by molar-refractivity contribution is 0.0202. The molecule has 0 heterocycles. The van der Waals surface area contributed by atoms with E-state index >= 15 is 0 Å². The first kappa shape index (κ1) is 21.1. The van der Waals surface area contributed by atoms with Gasteiger partial charge < -0.3 is 20.4 Å². The molecule has 0 aliphatic heterocycles. The minimum atomic E-state index is -0.477. The molecule has 0 unspecified atom stereocenters. The van der Waals surface area contributed by atoms with Gasteiger partial charge in [-0.15, -0.1) is 0 Å². The highest BCUT2D eigenvalue weighted by Crippen LogP contribution is 2.21. The van der Waals surface area contributed by atoms with Crippen LogP contribution in [0.4, 0.5) is 0 Å². The zero-order chi connectivity index (χ0) is 15.0. The monoisotopic (exact) mass is 278 g/mol. The molecule has 0 aliphatic rings. The molecular formula is C15H34O4. The molecule has 0 atom stereocenters. The third-order valence-corrected chi connectivity index (χ3v) is 3.43. The average molecular weight is 278 g/mol. The van der Waals surface area contributed by atoms with Crippen LogP contribution in [-0.2, 0) is 0 Å². The summed E-state index contributed by atoms with van der Waals surface area (Å²) in [5.41, 5.74) is -0.477. The van der Waals surface area contributed by atoms with Gasteiger partial charge in [-0.05, 0) is 44.9 Å². The van der Waals surface area contributed by atoms with E-state index in [1.165, 1.54) is 0 Å². The van der Waals surface area contributed by atoms with E-state index in [0.717, 1.165) is 57.8 Å². The number of rotatable bonds is 11. The first-order valence-electron chi connectivity index (χ1n) is 7.65. The van der Waals surface area contributed by atoms with Gasteiger partial charge in [0.2, 0.25) is 0 Å². The minimum absolute atomic E-state index is 0.240. The maximum atomic E-state index is 9.77. The number of hydrogen-bond acceptors (Lipinski definition) is 4. The Hall–Kier alpha value is -0.160. The Bertz CT molecular complexity index is 152. The van der Waals surface area contributed by atoms with Gasteiger partial charge in [0, 0.05) is 19.8 Å². The predicted molar refractivity (Wildman–Crippen MR) is 79.1 cm³/mol. The van der Waals surface area contributed by atoms with Crippen LogP contribution >= 0.6 is 0 Å². The summed E-state index contributed by atoms with van der Waals surface area (Å²) in [7, 11) is 0. The first-order valence-corrected chi connectivity index (χ1v) is 7.65. The maximum Gasteiger partial charge on any atom is 0.0642 e. The van der Waals surface area contributed by atoms with E-state index in [0.29, 0.717) is 0 Å². The summed E-state index contributed by atoms with van der Waals surface area (Å²) < 4.78 is 0. The van der Waals surface area contributed by atoms with Gasteiger partial charge in [-0.25, -0.2) is 0 Å². The molecule has 118 valence electrons. The Morgan fingerprint density at radius 1 is 0.632 bits per heavy atom. The van der Waals surface area contributed by atoms with Crippen LogP contribution < -0.4 is 0 Å². The molecule has 0 aromatic heterocycles. The molecule has 4 heteroatoms. The molecule has 4 nitrogen and oxygen atoms in total. The van der Waals surface area contributed by atoms with Crippen LogP contribution in [-0.4, -0.2) is 45.8 Å². The van der Waals surface area contributed by atoms with Crippen molar-refractivity contribution in [1.82, 2.24) is 0 Å². The third-order valence-electron chi connectivity index (χ3n) is 3.43. The Morgan fingerprint density at radius 3 is 1.32 bits per heavy atom. The van der Waals surface area contributed by atoms with Crippen LogP contribution in [0.15, 0.2) is 0 Å². The van der Waals surface area contributed by atoms with E-state index in [-0.39, 0.29) is 19.8 Å². The van der Waals surface area contributed by atoms with Crippen molar-refractivity contribution in [2.24, 2.45) is 0 Å². The summed E-state index contributed by atoms with van der Waals surface area (Å²) in [4.78, 5) is 0. The summed E-state index contributed by atoms with van der Waals surface area (Å²) in [6, 6.07) is 0. The van der Waals surface area contributed by atoms with Crippen molar-refractivity contribution in [3.05, 3.63) is 0 Å². The SMILES string of the molecule is CCC(O)(CC)CCCCO.OCCCCCCO. The van der Waals surface area contributed by atoms with Gasteiger partial charge in [0.1, 0.15) is 0 Å². The van der Waals surface area contributed by atoms with Crippen LogP contribution in [0.1, 0.15) is 71.6 Å². The molecule has 0 bridgehead atoms. The van der Waals surface area contributed by atoms with Crippen molar-refractivity contribution >= 4 is 0 Å². The average Bonchev–Trinajstić information content (AvgIpc) is 2.44. The fourth-order valence-electron chi connectivity index (χ4n) is 1.75. The second-order valence-corrected chi connectivity index (χ2v) is 4.97. The molecule has 0 saturated heterocycles. The molecule has 0 saturated carbocycles. The Kier molecular flexibility index (Phi) is 17.7. The highest BCUT2D eigenvalue weighted by Gasteiger charge is 2.20. The molecule has 19 heavy (non-hydrogen) atoms. The predicted octanol–water partition coefficient (Wildman–Crippen LogP) is 2.23. The van der Waals surface area contributed by atoms with Gasteiger partial charge in [-0.1, -0.05) is 26.7 Å². The molecule has 0 aliphatic carbocycles. The quantitative estimate of drug-likeness (QED) is 0.437. The Morgan fingerprint density at radius 2 is 1.00 bits per heavy atom. The summed E-state index contributed by atoms with van der Waals surface area (Å²) in [5, 5.41) is 34.9. The van der Waals surface area contributed by atoms with E-state index < -0.39 is 5.60 Å². The van der Waals surface area contributed by atoms with Crippen LogP contribution in [0, 0.1) is 0 Å². The van der Waals surface area contributed by atoms with Crippen molar-refractivity contribution in [1.29, 1.82) is 0 Å². The van der Waals surface area contributed by atoms with Crippen LogP contribution in [0.2, 0.25) is 0 Å². The molecule has 0 rings (SSSR count). The van der Waals surface area contributed by atoms with Gasteiger partial charge in [-0.3, -0.25) is 0 Å². The molecule has 0 radical (unpaired) electrons. The van der Waals surface area contributed by atoms with Gasteiger partial charge in [0.25, 0.3) is 0 Å². The fourth-order valence-corrected chi connectivity index (χ4v) is 1.75. The van der Waals surface area contributed by atoms with E-state index in [1.54, 1.807) is 0 Å². The van der Waals surface area contributed by atoms with E-state index in [4.69, 9.17) is 15.3 Å². The van der Waals surface area contributed by atoms with Crippen molar-refractivity contribution in [3.63, 3.8) is 0 Å². The fraction of sp³-hybridized carbons (Fsp3) is 1.00. The summed E-state index contributed by atoms with van der Waals surface area (Å²) in [6.07, 6.45) is 8.01. The van der Waals surface area contributed by atoms with Crippen LogP contribution in [0.5, 0.6) is 0 Å². The van der Waals surface area contributed by atoms with Gasteiger partial charge in [-0.2, -0.15) is 0 Å². The molecule has 0 spiro atoms. The van der Waals surface area contributed by atoms with Gasteiger partial charge in [0.05, 0.1) is 5.60 Å². The highest BCUT2D eigenvalue weighted by molar-refractivity contribution is 4.74. The van der Waals surface area contributed by atoms with Crippen LogP contribution in [0.3, 0.4) is 0 Å². The summed E-state index contributed by atoms with van der Waals surface area (Å²) >= 11 is 0. The van der Waals surface area contributed by atoms with Crippen LogP contribution in [0.25, 0.3) is 0 Å². The molecule has 0 amide bonds. The van der Waals surface area contributed by atoms with Gasteiger partial charge >= 0.3 is 0 Å². The standard InChI is InChI=1S/C9H20O2.C6H14O2/c1-3-9(11,4-2)7-5-6-8-10;7-5-3-1-2-4-6-8/h10-11H,3-8H2,1-2H3;7-8H,1-6H2. The smallest absolute Gasteiger partial charge is 0.0642 e. The molecular weight excluding hydrogens is 244 g/mol. The van der Waals surface area contributed by atoms with Crippen molar-refractivity contribution < 1.29 is 20.4 Å². The van der Waals surface area contributed by atoms with E-state index in [9.17, 15) is 5.11 Å². The zero-order valence-electron chi connectivity index (χ0n) is 12.8. The highest BCUT2D eigenvalue weighted by atomic mass is 16.3. The number of unbranched alkanes of at least 4 members (excludes halogenated alkanes) is 4. The van der Waals surface area contributed by atoms with Gasteiger partial charge in [0.15, 0.2) is 0 Å². The van der Waals surface area contributed by atoms with Crippen molar-refractivity contribution in [2.45, 2.75) is 77.2 Å². The normalized spacial score (nSPS) is 11.1. The van der Waals surface area contributed by atoms with E-state index in [2.05, 4.69) is 0 Å². The summed E-state index contributed by atoms with van der Waals surface area (Å²) in [5.74, 6) is 0. The number of aliphatic hydroxyl groups is 4. The minimum Gasteiger partial charge on any atom is -0.396 e. The number of hydrogen-bond donors (Lipinski definition) is 4. The lowest BCUT2D eigenvalue weighted by atomic mass is 9.91. The molecule has 0 fully saturated rings. The zero-order valence-corrected chi connectivity index (χ0v) is 12.8. The lowest BCUT2D eigenvalue weighted by Crippen LogP contribution is -2.26. The van der Waals surface area contributed by atoms with E-state index in [1.807, 2.05) is 13.8 Å². The first-order chi connectivity index (χ1) is 9.10. The second-order valence-electron chi connectivity index (χ2n) is 4.97. The topological polar surface area (TPSA) is 80.9 Å². The second kappa shape index (κ2) is 15.9. The Labute approximate surface area is 118 Å². The molecule has 0 aromatic carbocycles. The number of aliphatic hydroxyl groups excluding tert-OH is 3. The van der Waals surface area contributed by atoms with Crippen molar-refractivity contribution in [3.8, 4) is 0 Å².